The van der Waals surface area contributed by atoms with Crippen LogP contribution in [-0.4, -0.2) is 78.1 Å². The first kappa shape index (κ1) is 25.8. The fraction of sp³-hybridized carbons (Fsp3) is 0.429. The highest BCUT2D eigenvalue weighted by Gasteiger charge is 2.40. The standard InChI is InChI=1S/C28H32FN5O4/c1-28(8-4-9-32-28)27(37)34-12-10-33(11-13-34)26(36)22-23(29)18(15-17-7-14-38-24(17)22)16-21(30)19-5-2-3-6-20(19)25(31)35/h2-3,5-6,15,30,32H,4,7-14,16H2,1H3,(H2,31,35). The summed E-state index contributed by atoms with van der Waals surface area (Å²) < 4.78 is 21.6. The lowest BCUT2D eigenvalue weighted by molar-refractivity contribution is -0.138. The number of nitrogens with one attached hydrogen (secondary N) is 2. The summed E-state index contributed by atoms with van der Waals surface area (Å²) in [5.41, 5.74) is 6.21. The van der Waals surface area contributed by atoms with Crippen LogP contribution >= 0.6 is 0 Å². The number of primary amides is 1. The van der Waals surface area contributed by atoms with E-state index in [1.807, 2.05) is 6.92 Å². The van der Waals surface area contributed by atoms with Gasteiger partial charge in [0, 0.05) is 55.9 Å². The van der Waals surface area contributed by atoms with E-state index in [1.54, 1.807) is 34.1 Å². The molecule has 0 bridgehead atoms. The summed E-state index contributed by atoms with van der Waals surface area (Å²) in [5, 5.41) is 11.9. The average Bonchev–Trinajstić information content (AvgIpc) is 3.58. The van der Waals surface area contributed by atoms with E-state index in [-0.39, 0.29) is 40.5 Å². The van der Waals surface area contributed by atoms with Gasteiger partial charge in [0.1, 0.15) is 17.1 Å². The molecule has 4 N–H and O–H groups in total. The molecule has 2 saturated heterocycles. The first-order chi connectivity index (χ1) is 18.2. The van der Waals surface area contributed by atoms with Gasteiger partial charge in [0.25, 0.3) is 5.91 Å². The van der Waals surface area contributed by atoms with Crippen LogP contribution in [-0.2, 0) is 17.6 Å². The minimum Gasteiger partial charge on any atom is -0.492 e. The van der Waals surface area contributed by atoms with Crippen molar-refractivity contribution in [3.63, 3.8) is 0 Å². The van der Waals surface area contributed by atoms with E-state index in [1.165, 1.54) is 6.07 Å². The number of fused-ring (bicyclic) bond motifs is 1. The van der Waals surface area contributed by atoms with Gasteiger partial charge in [-0.25, -0.2) is 4.39 Å². The van der Waals surface area contributed by atoms with Crippen LogP contribution in [0.2, 0.25) is 0 Å². The van der Waals surface area contributed by atoms with Crippen LogP contribution in [0.15, 0.2) is 30.3 Å². The molecule has 10 heteroatoms. The first-order valence-corrected chi connectivity index (χ1v) is 13.0. The lowest BCUT2D eigenvalue weighted by atomic mass is 9.93. The molecule has 38 heavy (non-hydrogen) atoms. The Hall–Kier alpha value is -3.79. The number of hydrogen-bond donors (Lipinski definition) is 3. The van der Waals surface area contributed by atoms with Crippen molar-refractivity contribution >= 4 is 23.4 Å². The zero-order valence-corrected chi connectivity index (χ0v) is 21.4. The highest BCUT2D eigenvalue weighted by Crippen LogP contribution is 2.35. The fourth-order valence-electron chi connectivity index (χ4n) is 5.64. The number of amides is 3. The first-order valence-electron chi connectivity index (χ1n) is 13.0. The maximum absolute atomic E-state index is 15.9. The Bertz CT molecular complexity index is 1310. The Labute approximate surface area is 220 Å². The highest BCUT2D eigenvalue weighted by atomic mass is 19.1. The molecule has 3 heterocycles. The molecule has 0 radical (unpaired) electrons. The number of nitrogens with zero attached hydrogens (tertiary/aromatic N) is 2. The van der Waals surface area contributed by atoms with Gasteiger partial charge in [0.05, 0.1) is 12.1 Å². The quantitative estimate of drug-likeness (QED) is 0.500. The molecule has 0 aliphatic carbocycles. The number of benzene rings is 2. The van der Waals surface area contributed by atoms with Crippen LogP contribution in [0, 0.1) is 11.2 Å². The van der Waals surface area contributed by atoms with Crippen molar-refractivity contribution in [2.45, 2.75) is 38.1 Å². The Kier molecular flexibility index (Phi) is 6.92. The molecular formula is C28H32FN5O4. The average molecular weight is 522 g/mol. The number of carbonyl (C=O) groups excluding carboxylic acids is 3. The molecule has 1 atom stereocenters. The zero-order valence-electron chi connectivity index (χ0n) is 21.4. The van der Waals surface area contributed by atoms with Crippen LogP contribution in [0.1, 0.15) is 57.2 Å². The molecule has 1 unspecified atom stereocenters. The van der Waals surface area contributed by atoms with Gasteiger partial charge in [-0.05, 0) is 49.6 Å². The van der Waals surface area contributed by atoms with Gasteiger partial charge in [0.15, 0.2) is 0 Å². The normalized spacial score (nSPS) is 20.7. The SMILES string of the molecule is CC1(C(=O)N2CCN(C(=O)c3c(F)c(CC(=N)c4ccccc4C(N)=O)cc4c3OCC4)CC2)CCCN1. The van der Waals surface area contributed by atoms with Gasteiger partial charge in [-0.3, -0.25) is 14.4 Å². The number of ether oxygens (including phenoxy) is 1. The predicted octanol–water partition coefficient (Wildman–Crippen LogP) is 1.90. The highest BCUT2D eigenvalue weighted by molar-refractivity contribution is 6.09. The van der Waals surface area contributed by atoms with Crippen LogP contribution in [0.25, 0.3) is 0 Å². The molecule has 5 rings (SSSR count). The molecule has 0 saturated carbocycles. The van der Waals surface area contributed by atoms with Gasteiger partial charge >= 0.3 is 0 Å². The summed E-state index contributed by atoms with van der Waals surface area (Å²) in [6.45, 7) is 4.41. The second kappa shape index (κ2) is 10.2. The van der Waals surface area contributed by atoms with Crippen molar-refractivity contribution in [2.24, 2.45) is 5.73 Å². The van der Waals surface area contributed by atoms with Crippen molar-refractivity contribution in [1.82, 2.24) is 15.1 Å². The second-order valence-corrected chi connectivity index (χ2v) is 10.3. The monoisotopic (exact) mass is 521 g/mol. The van der Waals surface area contributed by atoms with Gasteiger partial charge < -0.3 is 31.0 Å². The van der Waals surface area contributed by atoms with Crippen molar-refractivity contribution in [2.75, 3.05) is 39.3 Å². The van der Waals surface area contributed by atoms with Gasteiger partial charge in [-0.1, -0.05) is 18.2 Å². The third-order valence-corrected chi connectivity index (χ3v) is 7.78. The number of rotatable bonds is 6. The summed E-state index contributed by atoms with van der Waals surface area (Å²) in [5.74, 6) is -1.59. The smallest absolute Gasteiger partial charge is 0.260 e. The van der Waals surface area contributed by atoms with Crippen LogP contribution < -0.4 is 15.8 Å². The molecule has 2 fully saturated rings. The Morgan fingerprint density at radius 2 is 1.82 bits per heavy atom. The molecule has 3 amide bonds. The molecule has 9 nitrogen and oxygen atoms in total. The maximum Gasteiger partial charge on any atom is 0.260 e. The summed E-state index contributed by atoms with van der Waals surface area (Å²) in [4.78, 5) is 41.8. The van der Waals surface area contributed by atoms with E-state index in [9.17, 15) is 14.4 Å². The van der Waals surface area contributed by atoms with Crippen molar-refractivity contribution in [3.8, 4) is 5.75 Å². The third kappa shape index (κ3) is 4.64. The molecule has 0 aromatic heterocycles. The van der Waals surface area contributed by atoms with Crippen LogP contribution in [0.5, 0.6) is 5.75 Å². The topological polar surface area (TPSA) is 129 Å². The van der Waals surface area contributed by atoms with Gasteiger partial charge in [-0.2, -0.15) is 0 Å². The lowest BCUT2D eigenvalue weighted by Gasteiger charge is -2.38. The number of piperazine rings is 1. The zero-order chi connectivity index (χ0) is 27.0. The van der Waals surface area contributed by atoms with E-state index in [0.717, 1.165) is 24.9 Å². The molecule has 0 spiro atoms. The largest absolute Gasteiger partial charge is 0.492 e. The molecule has 200 valence electrons. The minimum absolute atomic E-state index is 0.0247. The minimum atomic E-state index is -0.724. The maximum atomic E-state index is 15.9. The van der Waals surface area contributed by atoms with Crippen molar-refractivity contribution in [3.05, 3.63) is 64.0 Å². The number of nitrogens with two attached hydrogens (primary N) is 1. The number of halogens is 1. The molecule has 2 aromatic rings. The summed E-state index contributed by atoms with van der Waals surface area (Å²) >= 11 is 0. The van der Waals surface area contributed by atoms with Crippen LogP contribution in [0.3, 0.4) is 0 Å². The van der Waals surface area contributed by atoms with Gasteiger partial charge in [0.2, 0.25) is 11.8 Å². The Balaban J connectivity index is 1.37. The second-order valence-electron chi connectivity index (χ2n) is 10.3. The fourth-order valence-corrected chi connectivity index (χ4v) is 5.64. The van der Waals surface area contributed by atoms with E-state index in [2.05, 4.69) is 5.32 Å². The summed E-state index contributed by atoms with van der Waals surface area (Å²) in [6, 6.07) is 8.11. The van der Waals surface area contributed by atoms with Crippen molar-refractivity contribution in [1.29, 1.82) is 5.41 Å². The third-order valence-electron chi connectivity index (χ3n) is 7.78. The van der Waals surface area contributed by atoms with E-state index in [4.69, 9.17) is 15.9 Å². The van der Waals surface area contributed by atoms with E-state index in [0.29, 0.717) is 44.8 Å². The lowest BCUT2D eigenvalue weighted by Crippen LogP contribution is -2.58. The summed E-state index contributed by atoms with van der Waals surface area (Å²) in [7, 11) is 0. The summed E-state index contributed by atoms with van der Waals surface area (Å²) in [6.07, 6.45) is 2.15. The Morgan fingerprint density at radius 3 is 2.47 bits per heavy atom. The Morgan fingerprint density at radius 1 is 1.13 bits per heavy atom. The number of hydrogen-bond acceptors (Lipinski definition) is 6. The molecule has 3 aliphatic rings. The number of carbonyl (C=O) groups is 3. The van der Waals surface area contributed by atoms with Crippen molar-refractivity contribution < 1.29 is 23.5 Å². The van der Waals surface area contributed by atoms with Crippen LogP contribution in [0.4, 0.5) is 4.39 Å². The predicted molar refractivity (Wildman–Crippen MR) is 139 cm³/mol. The van der Waals surface area contributed by atoms with Gasteiger partial charge in [-0.15, -0.1) is 0 Å². The van der Waals surface area contributed by atoms with E-state index < -0.39 is 23.2 Å². The molecule has 3 aliphatic heterocycles. The molecule has 2 aromatic carbocycles. The molecular weight excluding hydrogens is 489 g/mol. The van der Waals surface area contributed by atoms with E-state index >= 15 is 4.39 Å².